The van der Waals surface area contributed by atoms with Gasteiger partial charge in [-0.25, -0.2) is 4.79 Å². The zero-order valence-electron chi connectivity index (χ0n) is 12.2. The zero-order chi connectivity index (χ0) is 14.7. The fourth-order valence-corrected chi connectivity index (χ4v) is 3.09. The maximum atomic E-state index is 12.2. The minimum Gasteiger partial charge on any atom is -0.367 e. The maximum absolute atomic E-state index is 12.2. The molecule has 3 amide bonds. The molecule has 114 valence electrons. The highest BCUT2D eigenvalue weighted by Gasteiger charge is 2.26. The van der Waals surface area contributed by atoms with Gasteiger partial charge in [-0.15, -0.1) is 0 Å². The third-order valence-corrected chi connectivity index (χ3v) is 4.38. The van der Waals surface area contributed by atoms with Crippen LogP contribution in [0.2, 0.25) is 0 Å². The number of hydrogen-bond acceptors (Lipinski definition) is 2. The van der Waals surface area contributed by atoms with Gasteiger partial charge in [-0.05, 0) is 18.9 Å². The Kier molecular flexibility index (Phi) is 4.13. The normalized spacial score (nSPS) is 19.8. The molecule has 0 spiro atoms. The van der Waals surface area contributed by atoms with E-state index in [4.69, 9.17) is 0 Å². The molecule has 0 bridgehead atoms. The number of aromatic amines is 1. The molecule has 1 aliphatic heterocycles. The Balaban J connectivity index is 1.48. The lowest BCUT2D eigenvalue weighted by Gasteiger charge is -2.35. The molecule has 2 N–H and O–H groups in total. The molecule has 1 saturated carbocycles. The summed E-state index contributed by atoms with van der Waals surface area (Å²) < 4.78 is 0. The van der Waals surface area contributed by atoms with Gasteiger partial charge < -0.3 is 20.1 Å². The van der Waals surface area contributed by atoms with Crippen molar-refractivity contribution in [1.29, 1.82) is 0 Å². The van der Waals surface area contributed by atoms with E-state index in [0.29, 0.717) is 37.8 Å². The number of nitrogens with one attached hydrogen (secondary N) is 2. The number of rotatable bonds is 2. The first-order valence-corrected chi connectivity index (χ1v) is 7.71. The van der Waals surface area contributed by atoms with Gasteiger partial charge in [-0.3, -0.25) is 4.79 Å². The number of H-pyrrole nitrogens is 1. The third-order valence-electron chi connectivity index (χ3n) is 4.38. The Morgan fingerprint density at radius 3 is 2.38 bits per heavy atom. The largest absolute Gasteiger partial charge is 0.367 e. The van der Waals surface area contributed by atoms with Gasteiger partial charge in [0.1, 0.15) is 0 Å². The lowest BCUT2D eigenvalue weighted by Crippen LogP contribution is -2.54. The summed E-state index contributed by atoms with van der Waals surface area (Å²) in [5.41, 5.74) is 0.679. The number of hydrogen-bond donors (Lipinski definition) is 2. The fourth-order valence-electron chi connectivity index (χ4n) is 3.09. The Labute approximate surface area is 124 Å². The van der Waals surface area contributed by atoms with Gasteiger partial charge >= 0.3 is 6.03 Å². The lowest BCUT2D eigenvalue weighted by atomic mass is 10.2. The van der Waals surface area contributed by atoms with Gasteiger partial charge in [0, 0.05) is 44.6 Å². The van der Waals surface area contributed by atoms with Crippen molar-refractivity contribution >= 4 is 11.9 Å². The van der Waals surface area contributed by atoms with Gasteiger partial charge in [0.05, 0.1) is 5.56 Å². The van der Waals surface area contributed by atoms with Gasteiger partial charge in [-0.1, -0.05) is 12.8 Å². The molecule has 1 saturated heterocycles. The van der Waals surface area contributed by atoms with Crippen LogP contribution in [0.1, 0.15) is 36.0 Å². The van der Waals surface area contributed by atoms with Crippen LogP contribution in [0.3, 0.4) is 0 Å². The molecule has 0 unspecified atom stereocenters. The average molecular weight is 290 g/mol. The van der Waals surface area contributed by atoms with Crippen LogP contribution >= 0.6 is 0 Å². The average Bonchev–Trinajstić information content (AvgIpc) is 3.20. The number of piperazine rings is 1. The number of carbonyl (C=O) groups excluding carboxylic acids is 2. The summed E-state index contributed by atoms with van der Waals surface area (Å²) in [4.78, 5) is 30.9. The molecular weight excluding hydrogens is 268 g/mol. The van der Waals surface area contributed by atoms with Crippen molar-refractivity contribution in [2.75, 3.05) is 26.2 Å². The molecule has 21 heavy (non-hydrogen) atoms. The molecule has 0 aromatic carbocycles. The van der Waals surface area contributed by atoms with E-state index < -0.39 is 0 Å². The van der Waals surface area contributed by atoms with E-state index in [0.717, 1.165) is 12.8 Å². The van der Waals surface area contributed by atoms with Crippen molar-refractivity contribution in [3.8, 4) is 0 Å². The molecule has 2 heterocycles. The first-order valence-electron chi connectivity index (χ1n) is 7.71. The van der Waals surface area contributed by atoms with E-state index in [1.165, 1.54) is 12.8 Å². The van der Waals surface area contributed by atoms with Crippen molar-refractivity contribution in [1.82, 2.24) is 20.1 Å². The first kappa shape index (κ1) is 14.0. The van der Waals surface area contributed by atoms with E-state index in [-0.39, 0.29) is 11.9 Å². The molecule has 0 radical (unpaired) electrons. The number of carbonyl (C=O) groups is 2. The highest BCUT2D eigenvalue weighted by Crippen LogP contribution is 2.18. The Morgan fingerprint density at radius 1 is 1.10 bits per heavy atom. The standard InChI is InChI=1S/C15H22N4O2/c20-14(12-5-6-16-11-12)18-7-9-19(10-8-18)15(21)17-13-3-1-2-4-13/h5-6,11,13,16H,1-4,7-10H2,(H,17,21). The lowest BCUT2D eigenvalue weighted by molar-refractivity contribution is 0.0663. The molecule has 3 rings (SSSR count). The summed E-state index contributed by atoms with van der Waals surface area (Å²) >= 11 is 0. The molecule has 2 fully saturated rings. The maximum Gasteiger partial charge on any atom is 0.317 e. The van der Waals surface area contributed by atoms with Crippen molar-refractivity contribution < 1.29 is 9.59 Å². The topological polar surface area (TPSA) is 68.4 Å². The molecule has 6 heteroatoms. The van der Waals surface area contributed by atoms with Gasteiger partial charge in [0.2, 0.25) is 0 Å². The minimum atomic E-state index is 0.0237. The van der Waals surface area contributed by atoms with E-state index in [2.05, 4.69) is 10.3 Å². The van der Waals surface area contributed by atoms with Gasteiger partial charge in [0.15, 0.2) is 0 Å². The van der Waals surface area contributed by atoms with Crippen LogP contribution in [0.15, 0.2) is 18.5 Å². The molecular formula is C15H22N4O2. The summed E-state index contributed by atoms with van der Waals surface area (Å²) in [5, 5.41) is 3.10. The van der Waals surface area contributed by atoms with Gasteiger partial charge in [0.25, 0.3) is 5.91 Å². The molecule has 1 aliphatic carbocycles. The highest BCUT2D eigenvalue weighted by molar-refractivity contribution is 5.94. The minimum absolute atomic E-state index is 0.0237. The molecule has 1 aromatic rings. The fraction of sp³-hybridized carbons (Fsp3) is 0.600. The smallest absolute Gasteiger partial charge is 0.317 e. The predicted octanol–water partition coefficient (Wildman–Crippen LogP) is 1.42. The second-order valence-corrected chi connectivity index (χ2v) is 5.81. The first-order chi connectivity index (χ1) is 10.2. The Bertz CT molecular complexity index is 486. The highest BCUT2D eigenvalue weighted by atomic mass is 16.2. The predicted molar refractivity (Wildman–Crippen MR) is 79.1 cm³/mol. The van der Waals surface area contributed by atoms with Crippen molar-refractivity contribution in [3.63, 3.8) is 0 Å². The van der Waals surface area contributed by atoms with E-state index in [9.17, 15) is 9.59 Å². The third kappa shape index (κ3) is 3.20. The molecule has 1 aromatic heterocycles. The second-order valence-electron chi connectivity index (χ2n) is 5.81. The number of nitrogens with zero attached hydrogens (tertiary/aromatic N) is 2. The van der Waals surface area contributed by atoms with Gasteiger partial charge in [-0.2, -0.15) is 0 Å². The summed E-state index contributed by atoms with van der Waals surface area (Å²) in [5.74, 6) is 0.0344. The summed E-state index contributed by atoms with van der Waals surface area (Å²) in [6, 6.07) is 2.15. The van der Waals surface area contributed by atoms with Crippen LogP contribution in [0, 0.1) is 0 Å². The molecule has 6 nitrogen and oxygen atoms in total. The van der Waals surface area contributed by atoms with Crippen LogP contribution in [0.4, 0.5) is 4.79 Å². The van der Waals surface area contributed by atoms with Crippen LogP contribution in [0.5, 0.6) is 0 Å². The number of urea groups is 1. The zero-order valence-corrected chi connectivity index (χ0v) is 12.2. The summed E-state index contributed by atoms with van der Waals surface area (Å²) in [6.07, 6.45) is 8.07. The second kappa shape index (κ2) is 6.20. The van der Waals surface area contributed by atoms with Crippen molar-refractivity contribution in [2.24, 2.45) is 0 Å². The van der Waals surface area contributed by atoms with Crippen LogP contribution in [0.25, 0.3) is 0 Å². The quantitative estimate of drug-likeness (QED) is 0.865. The molecule has 0 atom stereocenters. The van der Waals surface area contributed by atoms with E-state index in [1.54, 1.807) is 18.5 Å². The SMILES string of the molecule is O=C(NC1CCCC1)N1CCN(C(=O)c2cc[nH]c2)CC1. The summed E-state index contributed by atoms with van der Waals surface area (Å²) in [6.45, 7) is 2.41. The number of amides is 3. The summed E-state index contributed by atoms with van der Waals surface area (Å²) in [7, 11) is 0. The van der Waals surface area contributed by atoms with Crippen molar-refractivity contribution in [3.05, 3.63) is 24.0 Å². The van der Waals surface area contributed by atoms with Crippen LogP contribution in [-0.2, 0) is 0 Å². The monoisotopic (exact) mass is 290 g/mol. The van der Waals surface area contributed by atoms with E-state index in [1.807, 2.05) is 9.80 Å². The Hall–Kier alpha value is -1.98. The number of aromatic nitrogens is 1. The van der Waals surface area contributed by atoms with Crippen LogP contribution in [-0.4, -0.2) is 58.9 Å². The van der Waals surface area contributed by atoms with Crippen molar-refractivity contribution in [2.45, 2.75) is 31.7 Å². The molecule has 2 aliphatic rings. The Morgan fingerprint density at radius 2 is 1.76 bits per heavy atom. The van der Waals surface area contributed by atoms with E-state index >= 15 is 0 Å². The van der Waals surface area contributed by atoms with Crippen LogP contribution < -0.4 is 5.32 Å².